The third kappa shape index (κ3) is 2.95. The lowest BCUT2D eigenvalue weighted by atomic mass is 10.2. The van der Waals surface area contributed by atoms with Gasteiger partial charge in [0.2, 0.25) is 0 Å². The summed E-state index contributed by atoms with van der Waals surface area (Å²) in [5.41, 5.74) is 1.91. The van der Waals surface area contributed by atoms with Crippen LogP contribution in [-0.4, -0.2) is 16.3 Å². The largest absolute Gasteiger partial charge is 0.382 e. The van der Waals surface area contributed by atoms with Gasteiger partial charge in [-0.2, -0.15) is 16.4 Å². The van der Waals surface area contributed by atoms with Crippen molar-refractivity contribution >= 4 is 33.0 Å². The number of nitrogens with one attached hydrogen (secondary N) is 1. The minimum atomic E-state index is -0.134. The van der Waals surface area contributed by atoms with Gasteiger partial charge in [-0.15, -0.1) is 0 Å². The Morgan fingerprint density at radius 3 is 3.12 bits per heavy atom. The first-order chi connectivity index (χ1) is 8.18. The van der Waals surface area contributed by atoms with Gasteiger partial charge in [0.1, 0.15) is 4.47 Å². The number of hydrogen-bond donors (Lipinski definition) is 1. The molecular weight excluding hydrogens is 302 g/mol. The molecule has 0 atom stereocenters. The quantitative estimate of drug-likeness (QED) is 0.942. The van der Waals surface area contributed by atoms with Gasteiger partial charge in [-0.25, -0.2) is 4.68 Å². The molecule has 0 unspecified atom stereocenters. The molecule has 6 heteroatoms. The summed E-state index contributed by atoms with van der Waals surface area (Å²) in [6.45, 7) is 0.782. The number of halogens is 1. The molecule has 2 heterocycles. The highest BCUT2D eigenvalue weighted by atomic mass is 79.9. The minimum Gasteiger partial charge on any atom is -0.382 e. The topological polar surface area (TPSA) is 46.9 Å². The average Bonchev–Trinajstić information content (AvgIpc) is 2.82. The summed E-state index contributed by atoms with van der Waals surface area (Å²) < 4.78 is 1.83. The van der Waals surface area contributed by atoms with E-state index in [2.05, 4.69) is 43.2 Å². The second-order valence-corrected chi connectivity index (χ2v) is 5.18. The number of thiophene rings is 1. The summed E-state index contributed by atoms with van der Waals surface area (Å²) in [5, 5.41) is 11.4. The van der Waals surface area contributed by atoms with Crippen LogP contribution in [0.25, 0.3) is 0 Å². The lowest BCUT2D eigenvalue weighted by molar-refractivity contribution is 0.703. The summed E-state index contributed by atoms with van der Waals surface area (Å²) in [6.07, 6.45) is 2.59. The van der Waals surface area contributed by atoms with Crippen LogP contribution >= 0.6 is 27.3 Å². The molecular formula is C11H12BrN3OS. The first kappa shape index (κ1) is 12.3. The van der Waals surface area contributed by atoms with Crippen molar-refractivity contribution in [3.8, 4) is 0 Å². The van der Waals surface area contributed by atoms with Crippen LogP contribution in [0.3, 0.4) is 0 Å². The third-order valence-electron chi connectivity index (χ3n) is 2.39. The van der Waals surface area contributed by atoms with Crippen molar-refractivity contribution in [1.82, 2.24) is 9.78 Å². The first-order valence-corrected chi connectivity index (χ1v) is 6.89. The normalized spacial score (nSPS) is 10.5. The highest BCUT2D eigenvalue weighted by Crippen LogP contribution is 2.16. The number of nitrogens with zero attached hydrogens (tertiary/aromatic N) is 2. The maximum atomic E-state index is 11.6. The van der Waals surface area contributed by atoms with Crippen LogP contribution in [-0.2, 0) is 13.5 Å². The molecule has 4 nitrogen and oxygen atoms in total. The van der Waals surface area contributed by atoms with Crippen LogP contribution < -0.4 is 10.9 Å². The predicted octanol–water partition coefficient (Wildman–Crippen LogP) is 2.26. The van der Waals surface area contributed by atoms with Crippen LogP contribution in [0.5, 0.6) is 0 Å². The van der Waals surface area contributed by atoms with Gasteiger partial charge < -0.3 is 5.32 Å². The molecule has 0 saturated carbocycles. The molecule has 90 valence electrons. The molecule has 2 aromatic heterocycles. The highest BCUT2D eigenvalue weighted by molar-refractivity contribution is 9.10. The van der Waals surface area contributed by atoms with Gasteiger partial charge in [-0.05, 0) is 44.7 Å². The van der Waals surface area contributed by atoms with E-state index >= 15 is 0 Å². The standard InChI is InChI=1S/C11H12BrN3OS/c1-15-11(16)10(12)9(6-14-15)13-4-2-8-3-5-17-7-8/h3,5-7,13H,2,4H2,1H3. The minimum absolute atomic E-state index is 0.134. The smallest absolute Gasteiger partial charge is 0.282 e. The fourth-order valence-electron chi connectivity index (χ4n) is 1.41. The van der Waals surface area contributed by atoms with Gasteiger partial charge in [-0.1, -0.05) is 0 Å². The lowest BCUT2D eigenvalue weighted by Crippen LogP contribution is -2.21. The van der Waals surface area contributed by atoms with Gasteiger partial charge in [0.25, 0.3) is 5.56 Å². The fraction of sp³-hybridized carbons (Fsp3) is 0.273. The van der Waals surface area contributed by atoms with Crippen molar-refractivity contribution < 1.29 is 0 Å². The van der Waals surface area contributed by atoms with Crippen molar-refractivity contribution in [2.45, 2.75) is 6.42 Å². The molecule has 0 spiro atoms. The van der Waals surface area contributed by atoms with E-state index < -0.39 is 0 Å². The Balaban J connectivity index is 2.00. The van der Waals surface area contributed by atoms with E-state index in [1.165, 1.54) is 10.2 Å². The van der Waals surface area contributed by atoms with Gasteiger partial charge in [0.05, 0.1) is 11.9 Å². The van der Waals surface area contributed by atoms with Crippen LogP contribution in [0, 0.1) is 0 Å². The molecule has 0 fully saturated rings. The molecule has 0 amide bonds. The van der Waals surface area contributed by atoms with E-state index in [-0.39, 0.29) is 5.56 Å². The molecule has 0 bridgehead atoms. The number of aromatic nitrogens is 2. The van der Waals surface area contributed by atoms with E-state index in [9.17, 15) is 4.79 Å². The van der Waals surface area contributed by atoms with Crippen molar-refractivity contribution in [1.29, 1.82) is 0 Å². The van der Waals surface area contributed by atoms with Crippen LogP contribution in [0.15, 0.2) is 32.3 Å². The highest BCUT2D eigenvalue weighted by Gasteiger charge is 2.05. The van der Waals surface area contributed by atoms with E-state index in [0.29, 0.717) is 4.47 Å². The van der Waals surface area contributed by atoms with Gasteiger partial charge in [-0.3, -0.25) is 4.79 Å². The molecule has 2 aromatic rings. The fourth-order valence-corrected chi connectivity index (χ4v) is 2.61. The molecule has 0 saturated heterocycles. The second kappa shape index (κ2) is 5.46. The Morgan fingerprint density at radius 2 is 2.41 bits per heavy atom. The first-order valence-electron chi connectivity index (χ1n) is 5.15. The zero-order valence-electron chi connectivity index (χ0n) is 9.31. The van der Waals surface area contributed by atoms with Crippen LogP contribution in [0.2, 0.25) is 0 Å². The van der Waals surface area contributed by atoms with Crippen molar-refractivity contribution in [3.05, 3.63) is 43.4 Å². The number of hydrogen-bond acceptors (Lipinski definition) is 4. The van der Waals surface area contributed by atoms with E-state index in [4.69, 9.17) is 0 Å². The van der Waals surface area contributed by atoms with Crippen LogP contribution in [0.4, 0.5) is 5.69 Å². The van der Waals surface area contributed by atoms with Gasteiger partial charge in [0, 0.05) is 13.6 Å². The van der Waals surface area contributed by atoms with Gasteiger partial charge in [0.15, 0.2) is 0 Å². The van der Waals surface area contributed by atoms with Crippen molar-refractivity contribution in [2.24, 2.45) is 7.05 Å². The second-order valence-electron chi connectivity index (χ2n) is 3.61. The lowest BCUT2D eigenvalue weighted by Gasteiger charge is -2.07. The molecule has 0 aliphatic heterocycles. The summed E-state index contributed by atoms with van der Waals surface area (Å²) in [6, 6.07) is 2.10. The Bertz CT molecular complexity index is 550. The predicted molar refractivity (Wildman–Crippen MR) is 73.7 cm³/mol. The maximum Gasteiger partial charge on any atom is 0.282 e. The van der Waals surface area contributed by atoms with Gasteiger partial charge >= 0.3 is 0 Å². The van der Waals surface area contributed by atoms with Crippen molar-refractivity contribution in [2.75, 3.05) is 11.9 Å². The monoisotopic (exact) mass is 313 g/mol. The third-order valence-corrected chi connectivity index (χ3v) is 3.89. The maximum absolute atomic E-state index is 11.6. The van der Waals surface area contributed by atoms with Crippen LogP contribution in [0.1, 0.15) is 5.56 Å². The SMILES string of the molecule is Cn1ncc(NCCc2ccsc2)c(Br)c1=O. The molecule has 0 aliphatic carbocycles. The Morgan fingerprint density at radius 1 is 1.59 bits per heavy atom. The Kier molecular flexibility index (Phi) is 3.96. The van der Waals surface area contributed by atoms with E-state index in [1.54, 1.807) is 24.6 Å². The molecule has 1 N–H and O–H groups in total. The molecule has 17 heavy (non-hydrogen) atoms. The zero-order valence-corrected chi connectivity index (χ0v) is 11.7. The summed E-state index contributed by atoms with van der Waals surface area (Å²) in [5.74, 6) is 0. The molecule has 0 radical (unpaired) electrons. The number of rotatable bonds is 4. The van der Waals surface area contributed by atoms with E-state index in [1.807, 2.05) is 0 Å². The Labute approximate surface area is 111 Å². The molecule has 0 aromatic carbocycles. The number of aryl methyl sites for hydroxylation is 1. The van der Waals surface area contributed by atoms with Crippen molar-refractivity contribution in [3.63, 3.8) is 0 Å². The summed E-state index contributed by atoms with van der Waals surface area (Å²) in [4.78, 5) is 11.6. The zero-order chi connectivity index (χ0) is 12.3. The molecule has 0 aliphatic rings. The summed E-state index contributed by atoms with van der Waals surface area (Å²) in [7, 11) is 1.63. The number of anilines is 1. The molecule has 2 rings (SSSR count). The summed E-state index contributed by atoms with van der Waals surface area (Å²) >= 11 is 4.97. The average molecular weight is 314 g/mol. The Hall–Kier alpha value is -1.14. The van der Waals surface area contributed by atoms with E-state index in [0.717, 1.165) is 18.7 Å².